The van der Waals surface area contributed by atoms with E-state index in [1.807, 2.05) is 12.1 Å². The molecule has 164 valence electrons. The molecule has 33 heavy (non-hydrogen) atoms. The largest absolute Gasteiger partial charge is 0.420 e. The van der Waals surface area contributed by atoms with Crippen molar-refractivity contribution in [2.75, 3.05) is 4.90 Å². The zero-order valence-electron chi connectivity index (χ0n) is 16.8. The van der Waals surface area contributed by atoms with Crippen molar-refractivity contribution in [2.24, 2.45) is 0 Å². The lowest BCUT2D eigenvalue weighted by atomic mass is 9.80. The quantitative estimate of drug-likeness (QED) is 0.344. The Hall–Kier alpha value is -3.30. The molecular weight excluding hydrogens is 467 g/mol. The summed E-state index contributed by atoms with van der Waals surface area (Å²) < 4.78 is 46.2. The Labute approximate surface area is 194 Å². The van der Waals surface area contributed by atoms with Gasteiger partial charge in [0.05, 0.1) is 26.5 Å². The summed E-state index contributed by atoms with van der Waals surface area (Å²) in [5.41, 5.74) is -1.72. The number of hydrogen-bond donors (Lipinski definition) is 1. The number of thioether (sulfide) groups is 1. The number of halogens is 3. The number of alkyl halides is 3. The number of thiazole rings is 1. The number of carbonyl (C=O) groups excluding carboxylic acids is 1. The smallest absolute Gasteiger partial charge is 0.315 e. The summed E-state index contributed by atoms with van der Waals surface area (Å²) in [7, 11) is 0. The molecule has 0 aliphatic carbocycles. The van der Waals surface area contributed by atoms with Crippen LogP contribution in [0.1, 0.15) is 10.6 Å². The van der Waals surface area contributed by atoms with Gasteiger partial charge in [-0.15, -0.1) is 11.3 Å². The summed E-state index contributed by atoms with van der Waals surface area (Å²) in [4.78, 5) is 19.9. The minimum atomic E-state index is -4.83. The van der Waals surface area contributed by atoms with Crippen LogP contribution in [0.3, 0.4) is 0 Å². The number of fused-ring (bicyclic) bond motifs is 4. The molecule has 0 saturated carbocycles. The van der Waals surface area contributed by atoms with E-state index < -0.39 is 17.7 Å². The summed E-state index contributed by atoms with van der Waals surface area (Å²) in [6.45, 7) is 0. The number of benzene rings is 3. The van der Waals surface area contributed by atoms with Gasteiger partial charge in [0.2, 0.25) is 0 Å². The van der Waals surface area contributed by atoms with Gasteiger partial charge in [-0.3, -0.25) is 4.90 Å². The second-order valence-electron chi connectivity index (χ2n) is 7.62. The number of nitrogens with one attached hydrogen (secondary N) is 1. The Morgan fingerprint density at radius 2 is 1.61 bits per heavy atom. The molecular formula is C24H14F3N3OS2. The molecule has 0 spiro atoms. The van der Waals surface area contributed by atoms with Crippen molar-refractivity contribution >= 4 is 50.6 Å². The number of carbonyl (C=O) groups is 1. The molecule has 2 aliphatic rings. The second-order valence-corrected chi connectivity index (χ2v) is 9.68. The first-order valence-corrected chi connectivity index (χ1v) is 11.7. The van der Waals surface area contributed by atoms with Crippen molar-refractivity contribution in [1.82, 2.24) is 10.3 Å². The first-order valence-electron chi connectivity index (χ1n) is 10.0. The average molecular weight is 482 g/mol. The highest BCUT2D eigenvalue weighted by molar-refractivity contribution is 8.04. The van der Waals surface area contributed by atoms with Gasteiger partial charge in [-0.1, -0.05) is 66.4 Å². The van der Waals surface area contributed by atoms with Crippen LogP contribution in [0.15, 0.2) is 88.8 Å². The fourth-order valence-corrected chi connectivity index (χ4v) is 6.68. The summed E-state index contributed by atoms with van der Waals surface area (Å²) in [6, 6.07) is 21.0. The maximum atomic E-state index is 15.1. The summed E-state index contributed by atoms with van der Waals surface area (Å²) in [5.74, 6) is 0. The van der Waals surface area contributed by atoms with Crippen LogP contribution in [0, 0.1) is 0 Å². The molecule has 2 amide bonds. The number of hydrogen-bond acceptors (Lipinski definition) is 4. The Morgan fingerprint density at radius 3 is 2.36 bits per heavy atom. The van der Waals surface area contributed by atoms with Crippen molar-refractivity contribution in [3.05, 3.63) is 94.5 Å². The van der Waals surface area contributed by atoms with Gasteiger partial charge < -0.3 is 5.32 Å². The van der Waals surface area contributed by atoms with Crippen LogP contribution >= 0.6 is 23.1 Å². The van der Waals surface area contributed by atoms with Gasteiger partial charge in [0.1, 0.15) is 5.01 Å². The number of anilines is 1. The van der Waals surface area contributed by atoms with Crippen molar-refractivity contribution in [3.63, 3.8) is 0 Å². The summed E-state index contributed by atoms with van der Waals surface area (Å²) >= 11 is 2.35. The lowest BCUT2D eigenvalue weighted by molar-refractivity contribution is -0.178. The molecule has 0 fully saturated rings. The number of rotatable bonds is 2. The first kappa shape index (κ1) is 20.3. The van der Waals surface area contributed by atoms with E-state index in [1.165, 1.54) is 28.4 Å². The van der Waals surface area contributed by atoms with Crippen molar-refractivity contribution < 1.29 is 18.0 Å². The molecule has 4 nitrogen and oxygen atoms in total. The van der Waals surface area contributed by atoms with E-state index in [1.54, 1.807) is 54.6 Å². The van der Waals surface area contributed by atoms with Gasteiger partial charge >= 0.3 is 12.2 Å². The highest BCUT2D eigenvalue weighted by atomic mass is 32.2. The van der Waals surface area contributed by atoms with Gasteiger partial charge in [-0.05, 0) is 29.8 Å². The van der Waals surface area contributed by atoms with Gasteiger partial charge in [0.15, 0.2) is 5.54 Å². The van der Waals surface area contributed by atoms with E-state index in [2.05, 4.69) is 10.3 Å². The first-order chi connectivity index (χ1) is 15.9. The highest BCUT2D eigenvalue weighted by Crippen LogP contribution is 2.59. The molecule has 3 aromatic carbocycles. The van der Waals surface area contributed by atoms with Crippen LogP contribution in [0.25, 0.3) is 15.8 Å². The van der Waals surface area contributed by atoms with Crippen molar-refractivity contribution in [3.8, 4) is 0 Å². The molecule has 0 saturated heterocycles. The molecule has 6 rings (SSSR count). The van der Waals surface area contributed by atoms with Crippen LogP contribution in [-0.2, 0) is 5.54 Å². The molecule has 3 heterocycles. The molecule has 4 aromatic rings. The fraction of sp³-hybridized carbons (Fsp3) is 0.0833. The van der Waals surface area contributed by atoms with Crippen LogP contribution in [-0.4, -0.2) is 17.2 Å². The third kappa shape index (κ3) is 2.85. The third-order valence-corrected chi connectivity index (χ3v) is 7.94. The van der Waals surface area contributed by atoms with Crippen molar-refractivity contribution in [1.29, 1.82) is 0 Å². The Morgan fingerprint density at radius 1 is 0.909 bits per heavy atom. The number of amides is 2. The maximum absolute atomic E-state index is 15.1. The van der Waals surface area contributed by atoms with E-state index in [4.69, 9.17) is 0 Å². The fourth-order valence-electron chi connectivity index (χ4n) is 4.30. The maximum Gasteiger partial charge on any atom is 0.420 e. The Bertz CT molecular complexity index is 1420. The number of para-hydroxylation sites is 2. The molecule has 0 radical (unpaired) electrons. The lowest BCUT2D eigenvalue weighted by Gasteiger charge is -2.43. The van der Waals surface area contributed by atoms with Crippen LogP contribution in [0.2, 0.25) is 0 Å². The number of aromatic nitrogens is 1. The predicted molar refractivity (Wildman–Crippen MR) is 124 cm³/mol. The SMILES string of the molecule is O=C1N[C@](c2ccccc2)(C(F)(F)F)C(c2nc3ccccc3s2)=C2Sc3ccccc3N12. The predicted octanol–water partition coefficient (Wildman–Crippen LogP) is 6.76. The topological polar surface area (TPSA) is 45.2 Å². The van der Waals surface area contributed by atoms with Crippen molar-refractivity contribution in [2.45, 2.75) is 16.6 Å². The zero-order chi connectivity index (χ0) is 22.8. The standard InChI is InChI=1S/C24H14F3N3OS2/c25-24(26,27)23(14-8-2-1-3-9-14)19(20-28-15-10-4-6-12-17(15)32-20)21-30(22(31)29-23)16-11-5-7-13-18(16)33-21/h1-13H,(H,29,31)/t23-/m0/s1. The van der Waals surface area contributed by atoms with Crippen LogP contribution < -0.4 is 10.2 Å². The monoisotopic (exact) mass is 481 g/mol. The van der Waals surface area contributed by atoms with E-state index in [0.717, 1.165) is 16.5 Å². The van der Waals surface area contributed by atoms with Gasteiger partial charge in [0.25, 0.3) is 0 Å². The summed E-state index contributed by atoms with van der Waals surface area (Å²) in [5, 5.41) is 2.79. The zero-order valence-corrected chi connectivity index (χ0v) is 18.4. The average Bonchev–Trinajstić information content (AvgIpc) is 3.40. The van der Waals surface area contributed by atoms with Crippen LogP contribution in [0.4, 0.5) is 23.7 Å². The normalized spacial score (nSPS) is 20.1. The summed E-state index contributed by atoms with van der Waals surface area (Å²) in [6.07, 6.45) is -4.83. The molecule has 2 aliphatic heterocycles. The van der Waals surface area contributed by atoms with Gasteiger partial charge in [-0.25, -0.2) is 9.78 Å². The van der Waals surface area contributed by atoms with E-state index in [-0.39, 0.29) is 21.2 Å². The minimum absolute atomic E-state index is 0.0659. The molecule has 1 atom stereocenters. The van der Waals surface area contributed by atoms with E-state index in [9.17, 15) is 4.79 Å². The Kier molecular flexibility index (Phi) is 4.37. The van der Waals surface area contributed by atoms with Crippen LogP contribution in [0.5, 0.6) is 0 Å². The van der Waals surface area contributed by atoms with E-state index >= 15 is 13.2 Å². The minimum Gasteiger partial charge on any atom is -0.315 e. The Balaban J connectivity index is 1.73. The molecule has 0 bridgehead atoms. The molecule has 0 unspecified atom stereocenters. The molecule has 9 heteroatoms. The number of nitrogens with zero attached hydrogens (tertiary/aromatic N) is 2. The molecule has 1 N–H and O–H groups in total. The molecule has 1 aromatic heterocycles. The van der Waals surface area contributed by atoms with Gasteiger partial charge in [-0.2, -0.15) is 13.2 Å². The van der Waals surface area contributed by atoms with E-state index in [0.29, 0.717) is 16.1 Å². The highest BCUT2D eigenvalue weighted by Gasteiger charge is 2.65. The lowest BCUT2D eigenvalue weighted by Crippen LogP contribution is -2.62. The second kappa shape index (κ2) is 7.10. The number of urea groups is 1. The third-order valence-electron chi connectivity index (χ3n) is 5.74. The van der Waals surface area contributed by atoms with Gasteiger partial charge in [0, 0.05) is 4.90 Å².